The second kappa shape index (κ2) is 8.32. The summed E-state index contributed by atoms with van der Waals surface area (Å²) in [6, 6.07) is 7.20. The zero-order valence-electron chi connectivity index (χ0n) is 14.7. The van der Waals surface area contributed by atoms with Crippen molar-refractivity contribution >= 4 is 29.2 Å². The average molecular weight is 389 g/mol. The molecule has 27 heavy (non-hydrogen) atoms. The Morgan fingerprint density at radius 1 is 1.22 bits per heavy atom. The van der Waals surface area contributed by atoms with Gasteiger partial charge in [-0.2, -0.15) is 0 Å². The topological polar surface area (TPSA) is 105 Å². The van der Waals surface area contributed by atoms with Crippen molar-refractivity contribution in [2.45, 2.75) is 19.4 Å². The van der Waals surface area contributed by atoms with E-state index in [9.17, 15) is 9.59 Å². The molecule has 0 saturated heterocycles. The Balaban J connectivity index is 0.00000210. The Labute approximate surface area is 161 Å². The van der Waals surface area contributed by atoms with E-state index in [1.54, 1.807) is 18.3 Å². The average Bonchev–Trinajstić information content (AvgIpc) is 2.93. The van der Waals surface area contributed by atoms with Crippen LogP contribution in [0.2, 0.25) is 0 Å². The van der Waals surface area contributed by atoms with Crippen molar-refractivity contribution < 1.29 is 4.79 Å². The van der Waals surface area contributed by atoms with Gasteiger partial charge in [-0.05, 0) is 12.1 Å². The molecular formula is C18H21ClN6O2. The molecular weight excluding hydrogens is 368 g/mol. The van der Waals surface area contributed by atoms with Crippen LogP contribution in [0.4, 0.5) is 0 Å². The summed E-state index contributed by atoms with van der Waals surface area (Å²) >= 11 is 0. The summed E-state index contributed by atoms with van der Waals surface area (Å²) < 4.78 is 2.03. The predicted octanol–water partition coefficient (Wildman–Crippen LogP) is 0.660. The van der Waals surface area contributed by atoms with Crippen molar-refractivity contribution in [1.29, 1.82) is 0 Å². The van der Waals surface area contributed by atoms with Gasteiger partial charge in [0.15, 0.2) is 0 Å². The van der Waals surface area contributed by atoms with Crippen LogP contribution in [0.3, 0.4) is 0 Å². The number of carbonyl (C=O) groups is 1. The van der Waals surface area contributed by atoms with E-state index in [-0.39, 0.29) is 23.9 Å². The van der Waals surface area contributed by atoms with Crippen molar-refractivity contribution in [3.63, 3.8) is 0 Å². The molecule has 3 aromatic rings. The molecule has 0 unspecified atom stereocenters. The summed E-state index contributed by atoms with van der Waals surface area (Å²) in [4.78, 5) is 36.0. The number of H-pyrrole nitrogens is 1. The number of para-hydroxylation sites is 1. The lowest BCUT2D eigenvalue weighted by molar-refractivity contribution is 0.0949. The fraction of sp³-hybridized carbons (Fsp3) is 0.333. The van der Waals surface area contributed by atoms with Gasteiger partial charge in [0.2, 0.25) is 0 Å². The van der Waals surface area contributed by atoms with Crippen LogP contribution in [-0.2, 0) is 19.4 Å². The van der Waals surface area contributed by atoms with Gasteiger partial charge in [0.25, 0.3) is 11.5 Å². The minimum Gasteiger partial charge on any atom is -0.350 e. The van der Waals surface area contributed by atoms with Gasteiger partial charge in [-0.1, -0.05) is 12.1 Å². The molecule has 0 radical (unpaired) electrons. The number of hydrogen-bond acceptors (Lipinski definition) is 5. The molecule has 1 aromatic carbocycles. The molecule has 0 atom stereocenters. The first-order valence-corrected chi connectivity index (χ1v) is 8.73. The van der Waals surface area contributed by atoms with E-state index in [2.05, 4.69) is 25.6 Å². The standard InChI is InChI=1S/C18H20N6O2.ClH/c25-17-12-3-1-2-4-13(12)21-15(23-17)5-8-20-18(26)14-11-24-10-9-19-7-6-16(24)22-14;/h1-4,11,19H,5-10H2,(H,20,26)(H,21,23,25);1H. The van der Waals surface area contributed by atoms with Crippen LogP contribution < -0.4 is 16.2 Å². The Morgan fingerprint density at radius 2 is 2.07 bits per heavy atom. The molecule has 2 aromatic heterocycles. The highest BCUT2D eigenvalue weighted by molar-refractivity contribution is 5.92. The maximum Gasteiger partial charge on any atom is 0.271 e. The fourth-order valence-electron chi connectivity index (χ4n) is 3.12. The second-order valence-corrected chi connectivity index (χ2v) is 6.27. The first-order chi connectivity index (χ1) is 12.7. The number of hydrogen-bond donors (Lipinski definition) is 3. The highest BCUT2D eigenvalue weighted by Crippen LogP contribution is 2.07. The van der Waals surface area contributed by atoms with E-state index in [1.807, 2.05) is 16.7 Å². The zero-order chi connectivity index (χ0) is 17.9. The van der Waals surface area contributed by atoms with E-state index in [4.69, 9.17) is 0 Å². The number of amides is 1. The number of nitrogens with one attached hydrogen (secondary N) is 3. The zero-order valence-corrected chi connectivity index (χ0v) is 15.5. The molecule has 142 valence electrons. The third kappa shape index (κ3) is 4.17. The second-order valence-electron chi connectivity index (χ2n) is 6.27. The monoisotopic (exact) mass is 388 g/mol. The lowest BCUT2D eigenvalue weighted by Gasteiger charge is -2.04. The maximum absolute atomic E-state index is 12.3. The normalized spacial score (nSPS) is 13.5. The molecule has 9 heteroatoms. The van der Waals surface area contributed by atoms with Crippen LogP contribution in [0.25, 0.3) is 10.9 Å². The van der Waals surface area contributed by atoms with E-state index in [1.165, 1.54) is 0 Å². The van der Waals surface area contributed by atoms with Crippen LogP contribution >= 0.6 is 12.4 Å². The van der Waals surface area contributed by atoms with Crippen molar-refractivity contribution in [1.82, 2.24) is 30.2 Å². The number of benzene rings is 1. The first-order valence-electron chi connectivity index (χ1n) is 8.73. The van der Waals surface area contributed by atoms with E-state index >= 15 is 0 Å². The molecule has 1 aliphatic rings. The van der Waals surface area contributed by atoms with Gasteiger partial charge in [0.05, 0.1) is 10.9 Å². The molecule has 0 aliphatic carbocycles. The molecule has 8 nitrogen and oxygen atoms in total. The largest absolute Gasteiger partial charge is 0.350 e. The highest BCUT2D eigenvalue weighted by atomic mass is 35.5. The summed E-state index contributed by atoms with van der Waals surface area (Å²) in [5, 5.41) is 6.71. The Bertz CT molecular complexity index is 989. The van der Waals surface area contributed by atoms with Crippen molar-refractivity contribution in [2.75, 3.05) is 19.6 Å². The van der Waals surface area contributed by atoms with Crippen LogP contribution in [0, 0.1) is 0 Å². The lowest BCUT2D eigenvalue weighted by Crippen LogP contribution is -2.27. The number of rotatable bonds is 4. The molecule has 3 N–H and O–H groups in total. The summed E-state index contributed by atoms with van der Waals surface area (Å²) in [6.07, 6.45) is 3.06. The molecule has 0 saturated carbocycles. The Morgan fingerprint density at radius 3 is 2.96 bits per heavy atom. The summed E-state index contributed by atoms with van der Waals surface area (Å²) in [5.41, 5.74) is 0.925. The van der Waals surface area contributed by atoms with Gasteiger partial charge >= 0.3 is 0 Å². The van der Waals surface area contributed by atoms with Crippen LogP contribution in [-0.4, -0.2) is 45.1 Å². The first kappa shape index (κ1) is 19.1. The smallest absolute Gasteiger partial charge is 0.271 e. The summed E-state index contributed by atoms with van der Waals surface area (Å²) in [5.74, 6) is 1.28. The van der Waals surface area contributed by atoms with E-state index < -0.39 is 0 Å². The minimum absolute atomic E-state index is 0. The van der Waals surface area contributed by atoms with Crippen LogP contribution in [0.5, 0.6) is 0 Å². The number of aromatic nitrogens is 4. The molecule has 1 aliphatic heterocycles. The molecule has 3 heterocycles. The molecule has 0 bridgehead atoms. The summed E-state index contributed by atoms with van der Waals surface area (Å²) in [7, 11) is 0. The number of nitrogens with zero attached hydrogens (tertiary/aromatic N) is 3. The van der Waals surface area contributed by atoms with Crippen molar-refractivity contribution in [3.05, 3.63) is 58.2 Å². The fourth-order valence-corrected chi connectivity index (χ4v) is 3.12. The van der Waals surface area contributed by atoms with Crippen molar-refractivity contribution in [3.8, 4) is 0 Å². The quantitative estimate of drug-likeness (QED) is 0.609. The van der Waals surface area contributed by atoms with Gasteiger partial charge < -0.3 is 20.2 Å². The van der Waals surface area contributed by atoms with E-state index in [0.717, 1.165) is 31.9 Å². The lowest BCUT2D eigenvalue weighted by atomic mass is 10.2. The van der Waals surface area contributed by atoms with Crippen LogP contribution in [0.1, 0.15) is 22.1 Å². The number of halogens is 1. The Hall–Kier alpha value is -2.71. The third-order valence-corrected chi connectivity index (χ3v) is 4.46. The number of imidazole rings is 1. The summed E-state index contributed by atoms with van der Waals surface area (Å²) in [6.45, 7) is 2.95. The third-order valence-electron chi connectivity index (χ3n) is 4.46. The van der Waals surface area contributed by atoms with Gasteiger partial charge in [-0.3, -0.25) is 9.59 Å². The van der Waals surface area contributed by atoms with Gasteiger partial charge in [0, 0.05) is 45.2 Å². The number of carbonyl (C=O) groups excluding carboxylic acids is 1. The minimum atomic E-state index is -0.207. The van der Waals surface area contributed by atoms with Crippen molar-refractivity contribution in [2.24, 2.45) is 0 Å². The van der Waals surface area contributed by atoms with Gasteiger partial charge in [-0.15, -0.1) is 12.4 Å². The van der Waals surface area contributed by atoms with Gasteiger partial charge in [-0.25, -0.2) is 9.97 Å². The molecule has 4 rings (SSSR count). The van der Waals surface area contributed by atoms with Crippen LogP contribution in [0.15, 0.2) is 35.3 Å². The molecule has 1 amide bonds. The number of aromatic amines is 1. The predicted molar refractivity (Wildman–Crippen MR) is 104 cm³/mol. The maximum atomic E-state index is 12.3. The SMILES string of the molecule is Cl.O=C(NCCc1nc2ccccc2c(=O)[nH]1)c1cn2c(n1)CCNCC2. The van der Waals surface area contributed by atoms with Gasteiger partial charge in [0.1, 0.15) is 17.3 Å². The molecule has 0 spiro atoms. The highest BCUT2D eigenvalue weighted by Gasteiger charge is 2.15. The number of fused-ring (bicyclic) bond motifs is 2. The Kier molecular flexibility index (Phi) is 5.88. The van der Waals surface area contributed by atoms with E-state index in [0.29, 0.717) is 35.4 Å². The molecule has 0 fully saturated rings.